The SMILES string of the molecule is CCOCCOC(=O)C1=C(C)NC(=O)N[C@H]1c1ccc([N+](=O)[O-])cc1. The second-order valence-corrected chi connectivity index (χ2v) is 5.25. The maximum Gasteiger partial charge on any atom is 0.338 e. The molecule has 1 aliphatic rings. The van der Waals surface area contributed by atoms with E-state index in [1.165, 1.54) is 24.3 Å². The van der Waals surface area contributed by atoms with Gasteiger partial charge in [0.2, 0.25) is 0 Å². The second-order valence-electron chi connectivity index (χ2n) is 5.25. The third-order valence-electron chi connectivity index (χ3n) is 3.59. The number of esters is 1. The summed E-state index contributed by atoms with van der Waals surface area (Å²) in [7, 11) is 0. The van der Waals surface area contributed by atoms with Gasteiger partial charge in [-0.25, -0.2) is 9.59 Å². The van der Waals surface area contributed by atoms with E-state index >= 15 is 0 Å². The molecule has 0 radical (unpaired) electrons. The minimum absolute atomic E-state index is 0.0782. The van der Waals surface area contributed by atoms with Gasteiger partial charge in [0.05, 0.1) is 23.1 Å². The molecule has 0 aromatic heterocycles. The minimum atomic E-state index is -0.755. The second kappa shape index (κ2) is 8.25. The summed E-state index contributed by atoms with van der Waals surface area (Å²) in [6.45, 7) is 4.30. The number of nitrogens with one attached hydrogen (secondary N) is 2. The number of nitro groups is 1. The van der Waals surface area contributed by atoms with Crippen LogP contribution in [-0.4, -0.2) is 36.7 Å². The number of carbonyl (C=O) groups excluding carboxylic acids is 2. The van der Waals surface area contributed by atoms with E-state index in [4.69, 9.17) is 9.47 Å². The quantitative estimate of drug-likeness (QED) is 0.335. The molecule has 1 heterocycles. The first-order valence-corrected chi connectivity index (χ1v) is 7.71. The molecule has 1 aromatic rings. The van der Waals surface area contributed by atoms with Crippen LogP contribution in [0.4, 0.5) is 10.5 Å². The summed E-state index contributed by atoms with van der Waals surface area (Å²) in [6, 6.07) is 4.40. The van der Waals surface area contributed by atoms with Crippen molar-refractivity contribution in [1.29, 1.82) is 0 Å². The molecule has 1 aromatic carbocycles. The zero-order chi connectivity index (χ0) is 18.4. The Hall–Kier alpha value is -2.94. The number of nitro benzene ring substituents is 1. The van der Waals surface area contributed by atoms with E-state index in [1.54, 1.807) is 6.92 Å². The highest BCUT2D eigenvalue weighted by molar-refractivity contribution is 5.95. The van der Waals surface area contributed by atoms with Crippen molar-refractivity contribution >= 4 is 17.7 Å². The Balaban J connectivity index is 2.23. The van der Waals surface area contributed by atoms with E-state index in [9.17, 15) is 19.7 Å². The molecule has 9 nitrogen and oxygen atoms in total. The number of nitrogens with zero attached hydrogens (tertiary/aromatic N) is 1. The summed E-state index contributed by atoms with van der Waals surface area (Å²) in [5, 5.41) is 15.9. The first-order valence-electron chi connectivity index (χ1n) is 7.71. The predicted molar refractivity (Wildman–Crippen MR) is 87.7 cm³/mol. The maximum atomic E-state index is 12.4. The number of benzene rings is 1. The van der Waals surface area contributed by atoms with Gasteiger partial charge >= 0.3 is 12.0 Å². The van der Waals surface area contributed by atoms with E-state index in [0.29, 0.717) is 17.9 Å². The lowest BCUT2D eigenvalue weighted by Crippen LogP contribution is -2.45. The van der Waals surface area contributed by atoms with E-state index in [1.807, 2.05) is 6.92 Å². The van der Waals surface area contributed by atoms with E-state index in [0.717, 1.165) is 0 Å². The predicted octanol–water partition coefficient (Wildman–Crippen LogP) is 1.80. The largest absolute Gasteiger partial charge is 0.460 e. The van der Waals surface area contributed by atoms with Crippen LogP contribution in [0.2, 0.25) is 0 Å². The van der Waals surface area contributed by atoms with Crippen molar-refractivity contribution in [2.75, 3.05) is 19.8 Å². The number of hydrogen-bond donors (Lipinski definition) is 2. The Kier molecular flexibility index (Phi) is 6.07. The first kappa shape index (κ1) is 18.4. The van der Waals surface area contributed by atoms with Gasteiger partial charge < -0.3 is 20.1 Å². The summed E-state index contributed by atoms with van der Waals surface area (Å²) in [6.07, 6.45) is 0. The fourth-order valence-corrected chi connectivity index (χ4v) is 2.42. The van der Waals surface area contributed by atoms with Crippen molar-refractivity contribution in [3.05, 3.63) is 51.2 Å². The lowest BCUT2D eigenvalue weighted by Gasteiger charge is -2.28. The minimum Gasteiger partial charge on any atom is -0.460 e. The van der Waals surface area contributed by atoms with Crippen molar-refractivity contribution in [1.82, 2.24) is 10.6 Å². The lowest BCUT2D eigenvalue weighted by atomic mass is 9.95. The highest BCUT2D eigenvalue weighted by atomic mass is 16.6. The molecular formula is C16H19N3O6. The number of non-ortho nitro benzene ring substituents is 1. The van der Waals surface area contributed by atoms with Crippen LogP contribution in [0.25, 0.3) is 0 Å². The van der Waals surface area contributed by atoms with Gasteiger partial charge in [-0.3, -0.25) is 10.1 Å². The Morgan fingerprint density at radius 2 is 1.96 bits per heavy atom. The molecule has 0 saturated carbocycles. The van der Waals surface area contributed by atoms with Crippen LogP contribution in [-0.2, 0) is 14.3 Å². The van der Waals surface area contributed by atoms with E-state index in [-0.39, 0.29) is 24.5 Å². The number of ether oxygens (including phenoxy) is 2. The van der Waals surface area contributed by atoms with Crippen molar-refractivity contribution in [2.45, 2.75) is 19.9 Å². The van der Waals surface area contributed by atoms with Gasteiger partial charge in [-0.2, -0.15) is 0 Å². The molecule has 9 heteroatoms. The summed E-state index contributed by atoms with van der Waals surface area (Å²) in [5.41, 5.74) is 1.07. The zero-order valence-corrected chi connectivity index (χ0v) is 13.9. The zero-order valence-electron chi connectivity index (χ0n) is 13.9. The average molecular weight is 349 g/mol. The molecule has 2 N–H and O–H groups in total. The molecule has 0 unspecified atom stereocenters. The summed E-state index contributed by atoms with van der Waals surface area (Å²) >= 11 is 0. The Morgan fingerprint density at radius 1 is 1.28 bits per heavy atom. The van der Waals surface area contributed by atoms with Gasteiger partial charge in [0, 0.05) is 24.4 Å². The number of allylic oxidation sites excluding steroid dienone is 1. The summed E-state index contributed by atoms with van der Waals surface area (Å²) < 4.78 is 10.3. The summed E-state index contributed by atoms with van der Waals surface area (Å²) in [5.74, 6) is -0.590. The standard InChI is InChI=1S/C16H19N3O6/c1-3-24-8-9-25-15(20)13-10(2)17-16(21)18-14(13)11-4-6-12(7-5-11)19(22)23/h4-7,14H,3,8-9H2,1-2H3,(H2,17,18,21)/t14-/m0/s1. The average Bonchev–Trinajstić information content (AvgIpc) is 2.58. The molecule has 1 atom stereocenters. The Bertz CT molecular complexity index is 698. The molecule has 2 amide bonds. The van der Waals surface area contributed by atoms with Crippen molar-refractivity contribution in [2.24, 2.45) is 0 Å². The third-order valence-corrected chi connectivity index (χ3v) is 3.59. The van der Waals surface area contributed by atoms with Crippen molar-refractivity contribution in [3.63, 3.8) is 0 Å². The Morgan fingerprint density at radius 3 is 2.56 bits per heavy atom. The molecular weight excluding hydrogens is 330 g/mol. The smallest absolute Gasteiger partial charge is 0.338 e. The lowest BCUT2D eigenvalue weighted by molar-refractivity contribution is -0.384. The van der Waals surface area contributed by atoms with Crippen LogP contribution in [0.15, 0.2) is 35.5 Å². The first-order chi connectivity index (χ1) is 11.9. The van der Waals surface area contributed by atoms with Crippen LogP contribution in [0.1, 0.15) is 25.5 Å². The summed E-state index contributed by atoms with van der Waals surface area (Å²) in [4.78, 5) is 34.4. The molecule has 0 saturated heterocycles. The van der Waals surface area contributed by atoms with E-state index < -0.39 is 23.0 Å². The molecule has 1 aliphatic heterocycles. The van der Waals surface area contributed by atoms with Crippen LogP contribution in [0.5, 0.6) is 0 Å². The van der Waals surface area contributed by atoms with E-state index in [2.05, 4.69) is 10.6 Å². The maximum absolute atomic E-state index is 12.4. The third kappa shape index (κ3) is 4.54. The number of amides is 2. The number of carbonyl (C=O) groups is 2. The molecule has 0 bridgehead atoms. The molecule has 0 fully saturated rings. The van der Waals surface area contributed by atoms with Gasteiger partial charge in [0.25, 0.3) is 5.69 Å². The monoisotopic (exact) mass is 349 g/mol. The Labute approximate surface area is 144 Å². The fourth-order valence-electron chi connectivity index (χ4n) is 2.42. The van der Waals surface area contributed by atoms with Crippen LogP contribution in [0, 0.1) is 10.1 Å². The van der Waals surface area contributed by atoms with Gasteiger partial charge in [0.15, 0.2) is 0 Å². The van der Waals surface area contributed by atoms with Crippen molar-refractivity contribution < 1.29 is 24.0 Å². The van der Waals surface area contributed by atoms with Crippen molar-refractivity contribution in [3.8, 4) is 0 Å². The number of rotatable bonds is 7. The molecule has 0 aliphatic carbocycles. The molecule has 25 heavy (non-hydrogen) atoms. The fraction of sp³-hybridized carbons (Fsp3) is 0.375. The normalized spacial score (nSPS) is 16.9. The van der Waals surface area contributed by atoms with Crippen LogP contribution in [0.3, 0.4) is 0 Å². The highest BCUT2D eigenvalue weighted by Crippen LogP contribution is 2.28. The topological polar surface area (TPSA) is 120 Å². The van der Waals surface area contributed by atoms with Crippen LogP contribution >= 0.6 is 0 Å². The molecule has 134 valence electrons. The number of urea groups is 1. The molecule has 0 spiro atoms. The van der Waals surface area contributed by atoms with Gasteiger partial charge in [-0.1, -0.05) is 0 Å². The van der Waals surface area contributed by atoms with Gasteiger partial charge in [-0.15, -0.1) is 0 Å². The number of hydrogen-bond acceptors (Lipinski definition) is 6. The molecule has 2 rings (SSSR count). The highest BCUT2D eigenvalue weighted by Gasteiger charge is 2.32. The van der Waals surface area contributed by atoms with Crippen LogP contribution < -0.4 is 10.6 Å². The van der Waals surface area contributed by atoms with Gasteiger partial charge in [-0.05, 0) is 31.5 Å². The van der Waals surface area contributed by atoms with Gasteiger partial charge in [0.1, 0.15) is 6.61 Å².